The molecule has 0 saturated carbocycles. The van der Waals surface area contributed by atoms with Crippen LogP contribution in [0.3, 0.4) is 0 Å². The summed E-state index contributed by atoms with van der Waals surface area (Å²) in [7, 11) is 0. The van der Waals surface area contributed by atoms with E-state index < -0.39 is 0 Å². The highest BCUT2D eigenvalue weighted by atomic mass is 14.6. The van der Waals surface area contributed by atoms with Gasteiger partial charge in [-0.15, -0.1) is 0 Å². The van der Waals surface area contributed by atoms with Crippen LogP contribution in [-0.4, -0.2) is 0 Å². The maximum atomic E-state index is 8.59. The second-order valence-corrected chi connectivity index (χ2v) is 4.29. The van der Waals surface area contributed by atoms with Crippen molar-refractivity contribution in [2.45, 2.75) is 18.9 Å². The van der Waals surface area contributed by atoms with Crippen LogP contribution >= 0.6 is 0 Å². The topological polar surface area (TPSA) is 49.8 Å². The quantitative estimate of drug-likeness (QED) is 0.880. The molecule has 2 N–H and O–H groups in total. The van der Waals surface area contributed by atoms with Gasteiger partial charge in [0.1, 0.15) is 0 Å². The Bertz CT molecular complexity index is 541. The van der Waals surface area contributed by atoms with E-state index in [0.717, 1.165) is 5.56 Å². The summed E-state index contributed by atoms with van der Waals surface area (Å²) >= 11 is 0. The first kappa shape index (κ1) is 12.3. The van der Waals surface area contributed by atoms with E-state index in [1.807, 2.05) is 30.3 Å². The molecule has 0 heterocycles. The highest BCUT2D eigenvalue weighted by Crippen LogP contribution is 2.23. The van der Waals surface area contributed by atoms with Gasteiger partial charge in [-0.25, -0.2) is 0 Å². The smallest absolute Gasteiger partial charge is 0.0622 e. The molecule has 0 radical (unpaired) electrons. The summed E-state index contributed by atoms with van der Waals surface area (Å²) in [6.45, 7) is 0. The third-order valence-electron chi connectivity index (χ3n) is 2.99. The maximum Gasteiger partial charge on any atom is 0.0622 e. The molecular weight excluding hydrogens is 220 g/mol. The van der Waals surface area contributed by atoms with Crippen LogP contribution < -0.4 is 5.73 Å². The molecule has 2 aromatic carbocycles. The van der Waals surface area contributed by atoms with E-state index in [9.17, 15) is 0 Å². The van der Waals surface area contributed by atoms with E-state index in [4.69, 9.17) is 11.0 Å². The van der Waals surface area contributed by atoms with Gasteiger partial charge in [0.2, 0.25) is 0 Å². The molecular formula is C16H16N2. The Kier molecular flexibility index (Phi) is 4.11. The summed E-state index contributed by atoms with van der Waals surface area (Å²) in [5.41, 5.74) is 9.52. The lowest BCUT2D eigenvalue weighted by molar-refractivity contribution is 0.665. The summed E-state index contributed by atoms with van der Waals surface area (Å²) in [5, 5.41) is 8.59. The van der Waals surface area contributed by atoms with Gasteiger partial charge in [0.25, 0.3) is 0 Å². The Balaban J connectivity index is 2.23. The zero-order valence-corrected chi connectivity index (χ0v) is 10.2. The highest BCUT2D eigenvalue weighted by molar-refractivity contribution is 5.64. The number of hydrogen-bond donors (Lipinski definition) is 1. The van der Waals surface area contributed by atoms with Crippen LogP contribution in [0.15, 0.2) is 54.6 Å². The minimum Gasteiger partial charge on any atom is -0.324 e. The minimum atomic E-state index is -0.0617. The van der Waals surface area contributed by atoms with E-state index in [0.29, 0.717) is 12.8 Å². The average Bonchev–Trinajstić information content (AvgIpc) is 2.46. The van der Waals surface area contributed by atoms with Crippen molar-refractivity contribution in [1.82, 2.24) is 0 Å². The van der Waals surface area contributed by atoms with Crippen molar-refractivity contribution in [3.8, 4) is 17.2 Å². The van der Waals surface area contributed by atoms with Crippen LogP contribution in [-0.2, 0) is 0 Å². The summed E-state index contributed by atoms with van der Waals surface area (Å²) in [4.78, 5) is 0. The van der Waals surface area contributed by atoms with Crippen LogP contribution in [0.1, 0.15) is 24.4 Å². The van der Waals surface area contributed by atoms with Crippen LogP contribution in [0.2, 0.25) is 0 Å². The van der Waals surface area contributed by atoms with Gasteiger partial charge in [-0.2, -0.15) is 5.26 Å². The fourth-order valence-corrected chi connectivity index (χ4v) is 1.97. The highest BCUT2D eigenvalue weighted by Gasteiger charge is 2.06. The predicted molar refractivity (Wildman–Crippen MR) is 73.7 cm³/mol. The molecule has 0 amide bonds. The number of benzene rings is 2. The van der Waals surface area contributed by atoms with Crippen molar-refractivity contribution in [2.75, 3.05) is 0 Å². The molecule has 0 aliphatic carbocycles. The summed E-state index contributed by atoms with van der Waals surface area (Å²) < 4.78 is 0. The molecule has 2 nitrogen and oxygen atoms in total. The van der Waals surface area contributed by atoms with Crippen molar-refractivity contribution < 1.29 is 0 Å². The normalized spacial score (nSPS) is 11.8. The first-order valence-electron chi connectivity index (χ1n) is 6.09. The molecule has 2 heteroatoms. The van der Waals surface area contributed by atoms with Gasteiger partial charge in [-0.1, -0.05) is 48.5 Å². The second-order valence-electron chi connectivity index (χ2n) is 4.29. The molecule has 90 valence electrons. The summed E-state index contributed by atoms with van der Waals surface area (Å²) in [6, 6.07) is 20.5. The van der Waals surface area contributed by atoms with Crippen molar-refractivity contribution in [3.05, 3.63) is 60.2 Å². The predicted octanol–water partition coefficient (Wildman–Crippen LogP) is 3.66. The van der Waals surface area contributed by atoms with E-state index >= 15 is 0 Å². The number of nitrogens with two attached hydrogens (primary N) is 1. The Morgan fingerprint density at radius 1 is 1.00 bits per heavy atom. The van der Waals surface area contributed by atoms with Crippen LogP contribution in [0, 0.1) is 11.3 Å². The standard InChI is InChI=1S/C16H16N2/c17-11-5-10-16(18)15-9-4-8-14(12-15)13-6-2-1-3-7-13/h1-4,6-9,12,16H,5,10,18H2. The van der Waals surface area contributed by atoms with Gasteiger partial charge in [-0.05, 0) is 29.2 Å². The maximum absolute atomic E-state index is 8.59. The summed E-state index contributed by atoms with van der Waals surface area (Å²) in [6.07, 6.45) is 1.20. The van der Waals surface area contributed by atoms with Crippen molar-refractivity contribution in [2.24, 2.45) is 5.73 Å². The molecule has 2 aromatic rings. The van der Waals surface area contributed by atoms with Gasteiger partial charge in [0, 0.05) is 12.5 Å². The molecule has 0 bridgehead atoms. The first-order valence-corrected chi connectivity index (χ1v) is 6.09. The lowest BCUT2D eigenvalue weighted by Gasteiger charge is -2.11. The molecule has 0 fully saturated rings. The van der Waals surface area contributed by atoms with E-state index in [1.165, 1.54) is 11.1 Å². The van der Waals surface area contributed by atoms with Gasteiger partial charge in [0.05, 0.1) is 6.07 Å². The Labute approximate surface area is 108 Å². The SMILES string of the molecule is N#CCCC(N)c1cccc(-c2ccccc2)c1. The third kappa shape index (κ3) is 2.97. The van der Waals surface area contributed by atoms with E-state index in [2.05, 4.69) is 30.3 Å². The van der Waals surface area contributed by atoms with Crippen molar-refractivity contribution in [3.63, 3.8) is 0 Å². The van der Waals surface area contributed by atoms with Crippen LogP contribution in [0.5, 0.6) is 0 Å². The number of hydrogen-bond acceptors (Lipinski definition) is 2. The number of rotatable bonds is 4. The van der Waals surface area contributed by atoms with Crippen LogP contribution in [0.25, 0.3) is 11.1 Å². The Hall–Kier alpha value is -2.11. The van der Waals surface area contributed by atoms with Crippen molar-refractivity contribution >= 4 is 0 Å². The lowest BCUT2D eigenvalue weighted by atomic mass is 9.98. The Morgan fingerprint density at radius 2 is 1.72 bits per heavy atom. The Morgan fingerprint density at radius 3 is 2.44 bits per heavy atom. The first-order chi connectivity index (χ1) is 8.81. The molecule has 0 aliphatic rings. The molecule has 0 saturated heterocycles. The molecule has 0 spiro atoms. The number of nitrogens with zero attached hydrogens (tertiary/aromatic N) is 1. The average molecular weight is 236 g/mol. The van der Waals surface area contributed by atoms with Gasteiger partial charge in [-0.3, -0.25) is 0 Å². The van der Waals surface area contributed by atoms with Gasteiger partial charge < -0.3 is 5.73 Å². The molecule has 0 aliphatic heterocycles. The molecule has 2 rings (SSSR count). The molecule has 18 heavy (non-hydrogen) atoms. The van der Waals surface area contributed by atoms with Crippen molar-refractivity contribution in [1.29, 1.82) is 5.26 Å². The minimum absolute atomic E-state index is 0.0617. The second kappa shape index (κ2) is 6.00. The van der Waals surface area contributed by atoms with Crippen LogP contribution in [0.4, 0.5) is 0 Å². The zero-order chi connectivity index (χ0) is 12.8. The van der Waals surface area contributed by atoms with Gasteiger partial charge in [0.15, 0.2) is 0 Å². The monoisotopic (exact) mass is 236 g/mol. The molecule has 1 atom stereocenters. The number of nitriles is 1. The summed E-state index contributed by atoms with van der Waals surface area (Å²) in [5.74, 6) is 0. The fraction of sp³-hybridized carbons (Fsp3) is 0.188. The largest absolute Gasteiger partial charge is 0.324 e. The van der Waals surface area contributed by atoms with E-state index in [1.54, 1.807) is 0 Å². The third-order valence-corrected chi connectivity index (χ3v) is 2.99. The van der Waals surface area contributed by atoms with Gasteiger partial charge >= 0.3 is 0 Å². The molecule has 0 aromatic heterocycles. The van der Waals surface area contributed by atoms with E-state index in [-0.39, 0.29) is 6.04 Å². The zero-order valence-electron chi connectivity index (χ0n) is 10.2. The molecule has 1 unspecified atom stereocenters. The lowest BCUT2D eigenvalue weighted by Crippen LogP contribution is -2.09. The fourth-order valence-electron chi connectivity index (χ4n) is 1.97.